The molecular formula is C12H23N3O2. The number of hydrogen-bond donors (Lipinski definition) is 1. The molecule has 98 valence electrons. The van der Waals surface area contributed by atoms with Crippen molar-refractivity contribution in [2.75, 3.05) is 0 Å². The third-order valence-corrected chi connectivity index (χ3v) is 3.54. The van der Waals surface area contributed by atoms with Gasteiger partial charge in [0.2, 0.25) is 0 Å². The van der Waals surface area contributed by atoms with Crippen LogP contribution in [0, 0.1) is 4.91 Å². The monoisotopic (exact) mass is 241 g/mol. The maximum absolute atomic E-state index is 8.11. The molecule has 2 saturated carbocycles. The first-order valence-electron chi connectivity index (χ1n) is 6.73. The van der Waals surface area contributed by atoms with E-state index in [-0.39, 0.29) is 0 Å². The van der Waals surface area contributed by atoms with Crippen molar-refractivity contribution in [1.29, 1.82) is 0 Å². The third kappa shape index (κ3) is 6.34. The number of hydrogen-bond acceptors (Lipinski definition) is 4. The summed E-state index contributed by atoms with van der Waals surface area (Å²) >= 11 is 0. The van der Waals surface area contributed by atoms with Gasteiger partial charge in [0.15, 0.2) is 5.34 Å². The van der Waals surface area contributed by atoms with Crippen molar-refractivity contribution in [3.05, 3.63) is 4.91 Å². The Bertz CT molecular complexity index is 202. The van der Waals surface area contributed by atoms with Gasteiger partial charge in [-0.15, -0.1) is 4.91 Å². The maximum Gasteiger partial charge on any atom is 0.152 e. The fourth-order valence-corrected chi connectivity index (χ4v) is 2.58. The Balaban J connectivity index is 0.000000437. The van der Waals surface area contributed by atoms with E-state index >= 15 is 0 Å². The van der Waals surface area contributed by atoms with E-state index < -0.39 is 0 Å². The molecule has 2 aliphatic carbocycles. The third-order valence-electron chi connectivity index (χ3n) is 3.54. The molecule has 17 heavy (non-hydrogen) atoms. The average Bonchev–Trinajstić information content (AvgIpc) is 2.40. The predicted octanol–water partition coefficient (Wildman–Crippen LogP) is 4.25. The molecule has 0 spiro atoms. The summed E-state index contributed by atoms with van der Waals surface area (Å²) in [6, 6.07) is 1.15. The van der Waals surface area contributed by atoms with Crippen LogP contribution >= 0.6 is 0 Å². The van der Waals surface area contributed by atoms with Gasteiger partial charge in [-0.05, 0) is 25.7 Å². The SMILES string of the molecule is C1CCC(/N=N/C2CCCCC2)CC1.O=NO. The van der Waals surface area contributed by atoms with Crippen LogP contribution in [0.5, 0.6) is 0 Å². The van der Waals surface area contributed by atoms with E-state index in [1.165, 1.54) is 69.5 Å². The molecule has 2 aliphatic rings. The van der Waals surface area contributed by atoms with Crippen LogP contribution in [0.25, 0.3) is 0 Å². The Hall–Kier alpha value is -1.00. The topological polar surface area (TPSA) is 74.4 Å². The van der Waals surface area contributed by atoms with Gasteiger partial charge in [-0.2, -0.15) is 10.2 Å². The lowest BCUT2D eigenvalue weighted by molar-refractivity contribution is 0.312. The molecule has 2 fully saturated rings. The van der Waals surface area contributed by atoms with Crippen molar-refractivity contribution in [2.45, 2.75) is 76.3 Å². The first kappa shape index (κ1) is 14.1. The fourth-order valence-electron chi connectivity index (χ4n) is 2.58. The van der Waals surface area contributed by atoms with Crippen molar-refractivity contribution < 1.29 is 5.21 Å². The highest BCUT2D eigenvalue weighted by atomic mass is 16.6. The van der Waals surface area contributed by atoms with E-state index in [1.807, 2.05) is 0 Å². The van der Waals surface area contributed by atoms with Crippen molar-refractivity contribution in [2.24, 2.45) is 15.6 Å². The van der Waals surface area contributed by atoms with Gasteiger partial charge in [0, 0.05) is 0 Å². The summed E-state index contributed by atoms with van der Waals surface area (Å²) in [7, 11) is 0. The predicted molar refractivity (Wildman–Crippen MR) is 66.2 cm³/mol. The van der Waals surface area contributed by atoms with Crippen LogP contribution in [0.1, 0.15) is 64.2 Å². The Kier molecular flexibility index (Phi) is 7.51. The summed E-state index contributed by atoms with van der Waals surface area (Å²) in [6.07, 6.45) is 13.5. The minimum absolute atomic E-state index is 0.575. The fraction of sp³-hybridized carbons (Fsp3) is 1.00. The van der Waals surface area contributed by atoms with E-state index in [1.54, 1.807) is 0 Å². The first-order chi connectivity index (χ1) is 8.36. The highest BCUT2D eigenvalue weighted by Gasteiger charge is 2.15. The van der Waals surface area contributed by atoms with E-state index in [4.69, 9.17) is 10.1 Å². The summed E-state index contributed by atoms with van der Waals surface area (Å²) in [4.78, 5) is 8.11. The van der Waals surface area contributed by atoms with Crippen LogP contribution in [0.2, 0.25) is 0 Å². The molecule has 0 aliphatic heterocycles. The van der Waals surface area contributed by atoms with Crippen LogP contribution in [-0.2, 0) is 0 Å². The molecule has 5 nitrogen and oxygen atoms in total. The van der Waals surface area contributed by atoms with Gasteiger partial charge in [-0.1, -0.05) is 38.5 Å². The van der Waals surface area contributed by atoms with Gasteiger partial charge in [0.05, 0.1) is 12.1 Å². The Morgan fingerprint density at radius 2 is 1.00 bits per heavy atom. The van der Waals surface area contributed by atoms with Crippen molar-refractivity contribution in [3.8, 4) is 0 Å². The van der Waals surface area contributed by atoms with Gasteiger partial charge in [0.1, 0.15) is 0 Å². The van der Waals surface area contributed by atoms with E-state index in [0.717, 1.165) is 0 Å². The molecule has 1 N–H and O–H groups in total. The molecule has 2 rings (SSSR count). The van der Waals surface area contributed by atoms with Gasteiger partial charge < -0.3 is 5.21 Å². The standard InChI is InChI=1S/C12H22N2.HNO2/c1-3-7-11(8-4-1)13-14-12-9-5-2-6-10-12;2-1-3/h11-12H,1-10H2;(H,2,3)/b14-13+;. The molecule has 0 atom stereocenters. The Morgan fingerprint density at radius 3 is 1.29 bits per heavy atom. The van der Waals surface area contributed by atoms with Crippen molar-refractivity contribution in [3.63, 3.8) is 0 Å². The highest BCUT2D eigenvalue weighted by Crippen LogP contribution is 2.24. The van der Waals surface area contributed by atoms with Gasteiger partial charge >= 0.3 is 0 Å². The molecule has 0 aromatic carbocycles. The normalized spacial score (nSPS) is 23.1. The molecule has 0 radical (unpaired) electrons. The van der Waals surface area contributed by atoms with Crippen LogP contribution < -0.4 is 0 Å². The second-order valence-electron chi connectivity index (χ2n) is 4.90. The van der Waals surface area contributed by atoms with E-state index in [0.29, 0.717) is 12.1 Å². The van der Waals surface area contributed by atoms with Crippen LogP contribution in [0.15, 0.2) is 15.6 Å². The summed E-state index contributed by atoms with van der Waals surface area (Å²) in [5.41, 5.74) is 0. The van der Waals surface area contributed by atoms with Gasteiger partial charge in [-0.25, -0.2) is 0 Å². The Morgan fingerprint density at radius 1 is 0.706 bits per heavy atom. The minimum Gasteiger partial charge on any atom is -0.379 e. The highest BCUT2D eigenvalue weighted by molar-refractivity contribution is 4.73. The molecule has 5 heteroatoms. The average molecular weight is 241 g/mol. The summed E-state index contributed by atoms with van der Waals surface area (Å²) in [5, 5.41) is 17.0. The second-order valence-corrected chi connectivity index (χ2v) is 4.90. The summed E-state index contributed by atoms with van der Waals surface area (Å²) < 4.78 is 0. The maximum atomic E-state index is 8.11. The van der Waals surface area contributed by atoms with E-state index in [9.17, 15) is 0 Å². The molecule has 0 unspecified atom stereocenters. The molecule has 0 bridgehead atoms. The molecule has 0 heterocycles. The zero-order valence-electron chi connectivity index (χ0n) is 10.4. The smallest absolute Gasteiger partial charge is 0.152 e. The zero-order chi connectivity index (χ0) is 12.3. The summed E-state index contributed by atoms with van der Waals surface area (Å²) in [6.45, 7) is 0. The molecular weight excluding hydrogens is 218 g/mol. The molecule has 0 amide bonds. The van der Waals surface area contributed by atoms with Gasteiger partial charge in [-0.3, -0.25) is 0 Å². The summed E-state index contributed by atoms with van der Waals surface area (Å²) in [5.74, 6) is 0. The molecule has 0 saturated heterocycles. The van der Waals surface area contributed by atoms with Gasteiger partial charge in [0.25, 0.3) is 0 Å². The molecule has 0 aromatic rings. The van der Waals surface area contributed by atoms with Crippen molar-refractivity contribution in [1.82, 2.24) is 0 Å². The van der Waals surface area contributed by atoms with Crippen LogP contribution in [0.4, 0.5) is 0 Å². The number of nitrogens with zero attached hydrogens (tertiary/aromatic N) is 3. The number of azo groups is 1. The van der Waals surface area contributed by atoms with Crippen LogP contribution in [0.3, 0.4) is 0 Å². The quantitative estimate of drug-likeness (QED) is 0.446. The van der Waals surface area contributed by atoms with Crippen LogP contribution in [-0.4, -0.2) is 17.3 Å². The largest absolute Gasteiger partial charge is 0.379 e. The first-order valence-corrected chi connectivity index (χ1v) is 6.73. The molecule has 0 aromatic heterocycles. The van der Waals surface area contributed by atoms with E-state index in [2.05, 4.69) is 10.2 Å². The minimum atomic E-state index is 0.575. The lowest BCUT2D eigenvalue weighted by atomic mass is 9.95. The van der Waals surface area contributed by atoms with Crippen molar-refractivity contribution >= 4 is 0 Å². The number of rotatable bonds is 2. The lowest BCUT2D eigenvalue weighted by Crippen LogP contribution is -2.12. The Labute approximate surface area is 103 Å². The lowest BCUT2D eigenvalue weighted by Gasteiger charge is -2.19. The zero-order valence-corrected chi connectivity index (χ0v) is 10.4. The second kappa shape index (κ2) is 9.07.